The van der Waals surface area contributed by atoms with Gasteiger partial charge in [0, 0.05) is 51.3 Å². The van der Waals surface area contributed by atoms with Gasteiger partial charge in [0.25, 0.3) is 0 Å². The van der Waals surface area contributed by atoms with Gasteiger partial charge in [-0.15, -0.1) is 0 Å². The molecule has 3 rings (SSSR count). The average Bonchev–Trinajstić information content (AvgIpc) is 3.15. The second-order valence-electron chi connectivity index (χ2n) is 6.19. The first kappa shape index (κ1) is 16.4. The molecule has 1 saturated heterocycles. The minimum Gasteiger partial charge on any atom is -0.354 e. The smallest absolute Gasteiger partial charge is 0.244 e. The molecule has 128 valence electrons. The Balaban J connectivity index is 1.52. The van der Waals surface area contributed by atoms with Gasteiger partial charge in [0.15, 0.2) is 0 Å². The van der Waals surface area contributed by atoms with Crippen molar-refractivity contribution < 1.29 is 4.79 Å². The van der Waals surface area contributed by atoms with Crippen molar-refractivity contribution in [1.82, 2.24) is 25.0 Å². The monoisotopic (exact) mass is 328 g/mol. The molecule has 7 heteroatoms. The highest BCUT2D eigenvalue weighted by atomic mass is 16.2. The third-order valence-corrected chi connectivity index (χ3v) is 4.40. The number of piperazine rings is 1. The molecule has 1 fully saturated rings. The standard InChI is InChI=1S/C17H24N6O/c1-14(23-7-3-6-20-23)17(24)19-13-15-4-5-16(18-12-15)22-10-8-21(2)9-11-22/h3-7,12,14H,8-11,13H2,1-2H3,(H,19,24)/t14-/m0/s1. The summed E-state index contributed by atoms with van der Waals surface area (Å²) in [4.78, 5) is 21.3. The van der Waals surface area contributed by atoms with Crippen LogP contribution in [0.3, 0.4) is 0 Å². The summed E-state index contributed by atoms with van der Waals surface area (Å²) in [6.07, 6.45) is 5.30. The molecule has 0 saturated carbocycles. The summed E-state index contributed by atoms with van der Waals surface area (Å²) in [5.74, 6) is 0.949. The number of rotatable bonds is 5. The Bertz CT molecular complexity index is 646. The Morgan fingerprint density at radius 1 is 1.29 bits per heavy atom. The molecule has 0 bridgehead atoms. The van der Waals surface area contributed by atoms with Gasteiger partial charge in [-0.2, -0.15) is 5.10 Å². The van der Waals surface area contributed by atoms with Crippen LogP contribution >= 0.6 is 0 Å². The SMILES string of the molecule is C[C@@H](C(=O)NCc1ccc(N2CCN(C)CC2)nc1)n1cccn1. The number of nitrogens with zero attached hydrogens (tertiary/aromatic N) is 5. The fourth-order valence-electron chi connectivity index (χ4n) is 2.71. The van der Waals surface area contributed by atoms with Crippen LogP contribution < -0.4 is 10.2 Å². The lowest BCUT2D eigenvalue weighted by Gasteiger charge is -2.33. The summed E-state index contributed by atoms with van der Waals surface area (Å²) in [5, 5.41) is 7.03. The van der Waals surface area contributed by atoms with Crippen molar-refractivity contribution in [1.29, 1.82) is 0 Å². The van der Waals surface area contributed by atoms with Crippen LogP contribution in [-0.4, -0.2) is 58.8 Å². The highest BCUT2D eigenvalue weighted by Crippen LogP contribution is 2.13. The summed E-state index contributed by atoms with van der Waals surface area (Å²) >= 11 is 0. The van der Waals surface area contributed by atoms with Crippen LogP contribution in [0.15, 0.2) is 36.8 Å². The number of carbonyl (C=O) groups excluding carboxylic acids is 1. The van der Waals surface area contributed by atoms with Gasteiger partial charge in [0.1, 0.15) is 11.9 Å². The molecule has 0 radical (unpaired) electrons. The maximum absolute atomic E-state index is 12.2. The second-order valence-corrected chi connectivity index (χ2v) is 6.19. The predicted octanol–water partition coefficient (Wildman–Crippen LogP) is 0.907. The van der Waals surface area contributed by atoms with E-state index < -0.39 is 0 Å². The van der Waals surface area contributed by atoms with Crippen molar-refractivity contribution in [3.8, 4) is 0 Å². The lowest BCUT2D eigenvalue weighted by molar-refractivity contribution is -0.124. The molecule has 1 aliphatic rings. The molecule has 7 nitrogen and oxygen atoms in total. The maximum Gasteiger partial charge on any atom is 0.244 e. The van der Waals surface area contributed by atoms with Crippen LogP contribution in [0.25, 0.3) is 0 Å². The van der Waals surface area contributed by atoms with E-state index >= 15 is 0 Å². The molecule has 0 unspecified atom stereocenters. The highest BCUT2D eigenvalue weighted by Gasteiger charge is 2.16. The fraction of sp³-hybridized carbons (Fsp3) is 0.471. The van der Waals surface area contributed by atoms with Crippen molar-refractivity contribution in [3.05, 3.63) is 42.4 Å². The first-order chi connectivity index (χ1) is 11.6. The molecule has 1 atom stereocenters. The molecule has 24 heavy (non-hydrogen) atoms. The molecule has 0 spiro atoms. The Hall–Kier alpha value is -2.41. The van der Waals surface area contributed by atoms with E-state index in [1.54, 1.807) is 17.1 Å². The zero-order chi connectivity index (χ0) is 16.9. The first-order valence-corrected chi connectivity index (χ1v) is 8.29. The summed E-state index contributed by atoms with van der Waals surface area (Å²) in [6, 6.07) is 5.55. The van der Waals surface area contributed by atoms with E-state index in [4.69, 9.17) is 0 Å². The Morgan fingerprint density at radius 3 is 2.71 bits per heavy atom. The van der Waals surface area contributed by atoms with Crippen LogP contribution in [0.4, 0.5) is 5.82 Å². The molecular weight excluding hydrogens is 304 g/mol. The van der Waals surface area contributed by atoms with Gasteiger partial charge in [-0.25, -0.2) is 4.98 Å². The van der Waals surface area contributed by atoms with Crippen molar-refractivity contribution in [2.75, 3.05) is 38.1 Å². The lowest BCUT2D eigenvalue weighted by atomic mass is 10.2. The third-order valence-electron chi connectivity index (χ3n) is 4.40. The van der Waals surface area contributed by atoms with E-state index in [0.29, 0.717) is 6.54 Å². The van der Waals surface area contributed by atoms with Crippen molar-refractivity contribution in [2.45, 2.75) is 19.5 Å². The number of anilines is 1. The maximum atomic E-state index is 12.2. The topological polar surface area (TPSA) is 66.3 Å². The molecule has 0 aromatic carbocycles. The van der Waals surface area contributed by atoms with E-state index in [-0.39, 0.29) is 11.9 Å². The van der Waals surface area contributed by atoms with Gasteiger partial charge in [-0.05, 0) is 31.7 Å². The number of carbonyl (C=O) groups is 1. The van der Waals surface area contributed by atoms with Gasteiger partial charge in [-0.1, -0.05) is 6.07 Å². The minimum absolute atomic E-state index is 0.0538. The number of nitrogens with one attached hydrogen (secondary N) is 1. The van der Waals surface area contributed by atoms with E-state index in [1.807, 2.05) is 31.3 Å². The molecule has 1 amide bonds. The van der Waals surface area contributed by atoms with Crippen LogP contribution in [0.2, 0.25) is 0 Å². The Kier molecular flexibility index (Phi) is 5.10. The summed E-state index contributed by atoms with van der Waals surface area (Å²) in [5.41, 5.74) is 0.994. The van der Waals surface area contributed by atoms with E-state index in [2.05, 4.69) is 32.2 Å². The lowest BCUT2D eigenvalue weighted by Crippen LogP contribution is -2.44. The molecule has 3 heterocycles. The summed E-state index contributed by atoms with van der Waals surface area (Å²) in [7, 11) is 2.14. The van der Waals surface area contributed by atoms with Crippen LogP contribution in [-0.2, 0) is 11.3 Å². The van der Waals surface area contributed by atoms with Gasteiger partial charge in [-0.3, -0.25) is 9.48 Å². The van der Waals surface area contributed by atoms with Gasteiger partial charge in [0.2, 0.25) is 5.91 Å². The van der Waals surface area contributed by atoms with Crippen LogP contribution in [0.5, 0.6) is 0 Å². The van der Waals surface area contributed by atoms with E-state index in [0.717, 1.165) is 37.6 Å². The zero-order valence-corrected chi connectivity index (χ0v) is 14.2. The van der Waals surface area contributed by atoms with E-state index in [1.165, 1.54) is 0 Å². The summed E-state index contributed by atoms with van der Waals surface area (Å²) in [6.45, 7) is 6.43. The largest absolute Gasteiger partial charge is 0.354 e. The number of amides is 1. The van der Waals surface area contributed by atoms with Crippen molar-refractivity contribution in [3.63, 3.8) is 0 Å². The van der Waals surface area contributed by atoms with Crippen molar-refractivity contribution in [2.24, 2.45) is 0 Å². The van der Waals surface area contributed by atoms with Crippen LogP contribution in [0, 0.1) is 0 Å². The Morgan fingerprint density at radius 2 is 2.08 bits per heavy atom. The van der Waals surface area contributed by atoms with Gasteiger partial charge in [0.05, 0.1) is 0 Å². The van der Waals surface area contributed by atoms with Gasteiger partial charge < -0.3 is 15.1 Å². The number of hydrogen-bond donors (Lipinski definition) is 1. The number of likely N-dealkylation sites (N-methyl/N-ethyl adjacent to an activating group) is 1. The molecule has 1 aliphatic heterocycles. The number of hydrogen-bond acceptors (Lipinski definition) is 5. The Labute approximate surface area is 142 Å². The predicted molar refractivity (Wildman–Crippen MR) is 92.7 cm³/mol. The fourth-order valence-corrected chi connectivity index (χ4v) is 2.71. The normalized spacial score (nSPS) is 16.8. The number of aromatic nitrogens is 3. The average molecular weight is 328 g/mol. The summed E-state index contributed by atoms with van der Waals surface area (Å²) < 4.78 is 1.64. The third kappa shape index (κ3) is 3.91. The quantitative estimate of drug-likeness (QED) is 0.884. The zero-order valence-electron chi connectivity index (χ0n) is 14.2. The highest BCUT2D eigenvalue weighted by molar-refractivity contribution is 5.79. The number of pyridine rings is 1. The van der Waals surface area contributed by atoms with Gasteiger partial charge >= 0.3 is 0 Å². The molecule has 1 N–H and O–H groups in total. The van der Waals surface area contributed by atoms with Crippen molar-refractivity contribution >= 4 is 11.7 Å². The second kappa shape index (κ2) is 7.44. The molecule has 2 aromatic rings. The molecular formula is C17H24N6O. The molecule has 0 aliphatic carbocycles. The minimum atomic E-state index is -0.322. The van der Waals surface area contributed by atoms with Crippen LogP contribution in [0.1, 0.15) is 18.5 Å². The molecule has 2 aromatic heterocycles. The first-order valence-electron chi connectivity index (χ1n) is 8.29. The van der Waals surface area contributed by atoms with E-state index in [9.17, 15) is 4.79 Å².